The van der Waals surface area contributed by atoms with Crippen LogP contribution in [0, 0.1) is 13.8 Å². The summed E-state index contributed by atoms with van der Waals surface area (Å²) in [5.41, 5.74) is 0.951. The molecule has 1 amide bonds. The molecule has 3 rings (SSSR count). The first-order chi connectivity index (χ1) is 12.2. The molecular formula is C16H17Cl2N3O4S. The van der Waals surface area contributed by atoms with Crippen LogP contribution in [0.4, 0.5) is 0 Å². The molecule has 0 atom stereocenters. The van der Waals surface area contributed by atoms with Crippen LogP contribution in [-0.4, -0.2) is 54.9 Å². The van der Waals surface area contributed by atoms with Crippen LogP contribution in [-0.2, 0) is 10.0 Å². The van der Waals surface area contributed by atoms with Crippen LogP contribution in [0.1, 0.15) is 21.8 Å². The van der Waals surface area contributed by atoms with Gasteiger partial charge in [0, 0.05) is 31.2 Å². The quantitative estimate of drug-likeness (QED) is 0.766. The molecule has 0 unspecified atom stereocenters. The molecule has 1 aliphatic rings. The van der Waals surface area contributed by atoms with Crippen molar-refractivity contribution in [2.75, 3.05) is 26.2 Å². The van der Waals surface area contributed by atoms with Crippen LogP contribution in [0.15, 0.2) is 27.6 Å². The Bertz CT molecular complexity index is 931. The standard InChI is InChI=1S/C16H17Cl2N3O4S/c1-10-15(11(2)25-19-10)16(22)20-5-7-21(8-6-20)26(23,24)14-9-12(17)3-4-13(14)18/h3-4,9H,5-8H2,1-2H3. The molecule has 1 aromatic heterocycles. The SMILES string of the molecule is Cc1noc(C)c1C(=O)N1CCN(S(=O)(=O)c2cc(Cl)ccc2Cl)CC1. The lowest BCUT2D eigenvalue weighted by atomic mass is 10.1. The van der Waals surface area contributed by atoms with Crippen molar-refractivity contribution in [3.63, 3.8) is 0 Å². The molecule has 7 nitrogen and oxygen atoms in total. The Hall–Kier alpha value is -1.61. The zero-order valence-corrected chi connectivity index (χ0v) is 16.5. The maximum atomic E-state index is 12.8. The second-order valence-electron chi connectivity index (χ2n) is 5.97. The number of aromatic nitrogens is 1. The summed E-state index contributed by atoms with van der Waals surface area (Å²) in [6.07, 6.45) is 0. The van der Waals surface area contributed by atoms with Crippen molar-refractivity contribution in [3.8, 4) is 0 Å². The minimum Gasteiger partial charge on any atom is -0.361 e. The predicted octanol–water partition coefficient (Wildman–Crippen LogP) is 2.74. The van der Waals surface area contributed by atoms with E-state index in [1.165, 1.54) is 22.5 Å². The van der Waals surface area contributed by atoms with E-state index in [0.29, 0.717) is 22.0 Å². The number of carbonyl (C=O) groups is 1. The van der Waals surface area contributed by atoms with Gasteiger partial charge in [0.25, 0.3) is 5.91 Å². The van der Waals surface area contributed by atoms with Gasteiger partial charge in [-0.3, -0.25) is 4.79 Å². The van der Waals surface area contributed by atoms with Crippen LogP contribution in [0.2, 0.25) is 10.0 Å². The van der Waals surface area contributed by atoms with E-state index in [0.717, 1.165) is 0 Å². The largest absolute Gasteiger partial charge is 0.361 e. The van der Waals surface area contributed by atoms with Gasteiger partial charge in [-0.25, -0.2) is 8.42 Å². The van der Waals surface area contributed by atoms with Crippen LogP contribution in [0.25, 0.3) is 0 Å². The van der Waals surface area contributed by atoms with Crippen molar-refractivity contribution in [1.29, 1.82) is 0 Å². The topological polar surface area (TPSA) is 83.7 Å². The highest BCUT2D eigenvalue weighted by molar-refractivity contribution is 7.89. The van der Waals surface area contributed by atoms with Crippen LogP contribution in [0.5, 0.6) is 0 Å². The van der Waals surface area contributed by atoms with E-state index in [-0.39, 0.29) is 42.0 Å². The van der Waals surface area contributed by atoms with Gasteiger partial charge in [-0.2, -0.15) is 4.31 Å². The van der Waals surface area contributed by atoms with E-state index < -0.39 is 10.0 Å². The highest BCUT2D eigenvalue weighted by Crippen LogP contribution is 2.28. The number of amides is 1. The van der Waals surface area contributed by atoms with Gasteiger partial charge < -0.3 is 9.42 Å². The minimum absolute atomic E-state index is 0.0304. The van der Waals surface area contributed by atoms with Crippen molar-refractivity contribution in [2.45, 2.75) is 18.7 Å². The molecule has 10 heteroatoms. The van der Waals surface area contributed by atoms with Gasteiger partial charge in [-0.1, -0.05) is 28.4 Å². The molecule has 0 N–H and O–H groups in total. The third-order valence-electron chi connectivity index (χ3n) is 4.28. The number of halogens is 2. The Balaban J connectivity index is 1.76. The van der Waals surface area contributed by atoms with E-state index in [2.05, 4.69) is 5.16 Å². The number of benzene rings is 1. The molecule has 2 heterocycles. The Morgan fingerprint density at radius 3 is 2.38 bits per heavy atom. The summed E-state index contributed by atoms with van der Waals surface area (Å²) >= 11 is 11.9. The summed E-state index contributed by atoms with van der Waals surface area (Å²) in [4.78, 5) is 14.2. The highest BCUT2D eigenvalue weighted by Gasteiger charge is 2.33. The van der Waals surface area contributed by atoms with Crippen molar-refractivity contribution < 1.29 is 17.7 Å². The van der Waals surface area contributed by atoms with Crippen molar-refractivity contribution in [1.82, 2.24) is 14.4 Å². The molecule has 26 heavy (non-hydrogen) atoms. The van der Waals surface area contributed by atoms with Crippen molar-refractivity contribution >= 4 is 39.1 Å². The molecular weight excluding hydrogens is 401 g/mol. The number of aryl methyl sites for hydroxylation is 2. The Kier molecular flexibility index (Phi) is 5.30. The average molecular weight is 418 g/mol. The fraction of sp³-hybridized carbons (Fsp3) is 0.375. The number of hydrogen-bond donors (Lipinski definition) is 0. The molecule has 0 saturated carbocycles. The Morgan fingerprint density at radius 2 is 1.81 bits per heavy atom. The summed E-state index contributed by atoms with van der Waals surface area (Å²) < 4.78 is 32.0. The summed E-state index contributed by atoms with van der Waals surface area (Å²) in [5, 5.41) is 4.19. The fourth-order valence-electron chi connectivity index (χ4n) is 2.89. The van der Waals surface area contributed by atoms with Crippen LogP contribution >= 0.6 is 23.2 Å². The van der Waals surface area contributed by atoms with Crippen molar-refractivity contribution in [2.24, 2.45) is 0 Å². The molecule has 0 bridgehead atoms. The summed E-state index contributed by atoms with van der Waals surface area (Å²) in [5.74, 6) is 0.243. The van der Waals surface area contributed by atoms with Gasteiger partial charge >= 0.3 is 0 Å². The lowest BCUT2D eigenvalue weighted by molar-refractivity contribution is 0.0695. The van der Waals surface area contributed by atoms with Gasteiger partial charge in [-0.15, -0.1) is 0 Å². The lowest BCUT2D eigenvalue weighted by Crippen LogP contribution is -2.50. The lowest BCUT2D eigenvalue weighted by Gasteiger charge is -2.34. The number of piperazine rings is 1. The number of carbonyl (C=O) groups excluding carboxylic acids is 1. The zero-order chi connectivity index (χ0) is 19.1. The highest BCUT2D eigenvalue weighted by atomic mass is 35.5. The molecule has 140 valence electrons. The van der Waals surface area contributed by atoms with E-state index in [1.54, 1.807) is 18.7 Å². The van der Waals surface area contributed by atoms with Gasteiger partial charge in [-0.05, 0) is 32.0 Å². The zero-order valence-electron chi connectivity index (χ0n) is 14.2. The van der Waals surface area contributed by atoms with Gasteiger partial charge in [0.2, 0.25) is 10.0 Å². The molecule has 2 aromatic rings. The monoisotopic (exact) mass is 417 g/mol. The first kappa shape index (κ1) is 19.2. The smallest absolute Gasteiger partial charge is 0.259 e. The van der Waals surface area contributed by atoms with Gasteiger partial charge in [0.15, 0.2) is 0 Å². The minimum atomic E-state index is -3.79. The number of nitrogens with zero attached hydrogens (tertiary/aromatic N) is 3. The molecule has 1 aliphatic heterocycles. The van der Waals surface area contributed by atoms with E-state index in [9.17, 15) is 13.2 Å². The van der Waals surface area contributed by atoms with E-state index >= 15 is 0 Å². The summed E-state index contributed by atoms with van der Waals surface area (Å²) in [6, 6.07) is 4.32. The molecule has 0 radical (unpaired) electrons. The van der Waals surface area contributed by atoms with Gasteiger partial charge in [0.1, 0.15) is 16.2 Å². The summed E-state index contributed by atoms with van der Waals surface area (Å²) in [7, 11) is -3.79. The maximum Gasteiger partial charge on any atom is 0.259 e. The number of hydrogen-bond acceptors (Lipinski definition) is 5. The van der Waals surface area contributed by atoms with E-state index in [4.69, 9.17) is 27.7 Å². The fourth-order valence-corrected chi connectivity index (χ4v) is 5.05. The maximum absolute atomic E-state index is 12.8. The normalized spacial score (nSPS) is 16.1. The first-order valence-corrected chi connectivity index (χ1v) is 10.1. The number of rotatable bonds is 3. The van der Waals surface area contributed by atoms with E-state index in [1.807, 2.05) is 0 Å². The molecule has 1 aromatic carbocycles. The van der Waals surface area contributed by atoms with Gasteiger partial charge in [0.05, 0.1) is 10.7 Å². The third kappa shape index (κ3) is 3.46. The third-order valence-corrected chi connectivity index (χ3v) is 6.90. The predicted molar refractivity (Wildman–Crippen MR) is 97.1 cm³/mol. The second-order valence-corrected chi connectivity index (χ2v) is 8.72. The van der Waals surface area contributed by atoms with Crippen LogP contribution < -0.4 is 0 Å². The van der Waals surface area contributed by atoms with Crippen LogP contribution in [0.3, 0.4) is 0 Å². The molecule has 0 spiro atoms. The first-order valence-electron chi connectivity index (χ1n) is 7.89. The van der Waals surface area contributed by atoms with Crippen molar-refractivity contribution in [3.05, 3.63) is 45.3 Å². The average Bonchev–Trinajstić information content (AvgIpc) is 2.95. The second kappa shape index (κ2) is 7.19. The molecule has 1 saturated heterocycles. The molecule has 0 aliphatic carbocycles. The Labute approximate surface area is 161 Å². The number of sulfonamides is 1. The molecule has 1 fully saturated rings. The summed E-state index contributed by atoms with van der Waals surface area (Å²) in [6.45, 7) is 4.24. The Morgan fingerprint density at radius 1 is 1.15 bits per heavy atom.